The Balaban J connectivity index is 1.10. The molecule has 208 valence electrons. The van der Waals surface area contributed by atoms with Gasteiger partial charge >= 0.3 is 7.05 Å². The van der Waals surface area contributed by atoms with Gasteiger partial charge in [-0.3, -0.25) is 14.5 Å². The molecule has 0 radical (unpaired) electrons. The van der Waals surface area contributed by atoms with E-state index in [2.05, 4.69) is 44.1 Å². The minimum absolute atomic E-state index is 0.177. The van der Waals surface area contributed by atoms with Gasteiger partial charge in [0.15, 0.2) is 11.5 Å². The first-order valence-corrected chi connectivity index (χ1v) is 14.2. The van der Waals surface area contributed by atoms with Gasteiger partial charge in [-0.15, -0.1) is 0 Å². The fraction of sp³-hybridized carbons (Fsp3) is 0.290. The zero-order valence-electron chi connectivity index (χ0n) is 23.5. The third kappa shape index (κ3) is 5.94. The van der Waals surface area contributed by atoms with E-state index in [4.69, 9.17) is 9.72 Å². The minimum Gasteiger partial charge on any atom is -0.490 e. The van der Waals surface area contributed by atoms with Crippen molar-refractivity contribution in [2.75, 3.05) is 24.4 Å². The molecule has 0 aliphatic carbocycles. The van der Waals surface area contributed by atoms with Gasteiger partial charge < -0.3 is 14.6 Å². The number of nitrogens with zero attached hydrogens (tertiary/aromatic N) is 7. The number of hydrogen-bond donors (Lipinski definition) is 1. The third-order valence-corrected chi connectivity index (χ3v) is 7.54. The van der Waals surface area contributed by atoms with Gasteiger partial charge in [0, 0.05) is 50.5 Å². The summed E-state index contributed by atoms with van der Waals surface area (Å²) < 4.78 is 8.44. The van der Waals surface area contributed by atoms with Gasteiger partial charge in [0.05, 0.1) is 0 Å². The van der Waals surface area contributed by atoms with E-state index in [-0.39, 0.29) is 6.10 Å². The predicted octanol–water partition coefficient (Wildman–Crippen LogP) is 4.86. The largest absolute Gasteiger partial charge is 0.490 e. The van der Waals surface area contributed by atoms with E-state index in [9.17, 15) is 5.02 Å². The molecule has 5 aromatic rings. The Morgan fingerprint density at radius 2 is 1.76 bits per heavy atom. The molecular formula is C31H34BN7O2. The summed E-state index contributed by atoms with van der Waals surface area (Å²) in [5.74, 6) is 2.43. The number of piperidine rings is 1. The maximum absolute atomic E-state index is 10.0. The standard InChI is InChI=1S/C31H34BN7O2/c1-3-38(32(2)40)29-21-23(13-18-34-29)22-37-19-14-26(15-20-37)41-25-11-9-24(10-12-25)39-30-28(8-6-17-35-30)36-31(39)27-7-4-5-16-33-27/h4-13,16-18,21,26,40H,3,14-15,19-20,22H2,1-2H3. The van der Waals surface area contributed by atoms with Gasteiger partial charge in [-0.25, -0.2) is 15.0 Å². The summed E-state index contributed by atoms with van der Waals surface area (Å²) in [5, 5.41) is 10.0. The number of rotatable bonds is 9. The lowest BCUT2D eigenvalue weighted by Gasteiger charge is -2.32. The summed E-state index contributed by atoms with van der Waals surface area (Å²) in [7, 11) is -0.566. The van der Waals surface area contributed by atoms with Crippen LogP contribution in [0.1, 0.15) is 25.3 Å². The zero-order valence-corrected chi connectivity index (χ0v) is 23.5. The molecule has 0 bridgehead atoms. The van der Waals surface area contributed by atoms with Crippen LogP contribution < -0.4 is 9.55 Å². The Morgan fingerprint density at radius 1 is 0.951 bits per heavy atom. The van der Waals surface area contributed by atoms with Crippen LogP contribution in [0.2, 0.25) is 6.82 Å². The van der Waals surface area contributed by atoms with Crippen molar-refractivity contribution in [1.29, 1.82) is 0 Å². The van der Waals surface area contributed by atoms with Crippen LogP contribution in [0.25, 0.3) is 28.4 Å². The molecule has 1 aliphatic rings. The highest BCUT2D eigenvalue weighted by atomic mass is 16.5. The number of aromatic nitrogens is 5. The van der Waals surface area contributed by atoms with Crippen molar-refractivity contribution in [3.05, 3.63) is 90.9 Å². The molecule has 1 aromatic carbocycles. The Hall–Kier alpha value is -4.28. The Labute approximate surface area is 240 Å². The highest BCUT2D eigenvalue weighted by molar-refractivity contribution is 6.53. The van der Waals surface area contributed by atoms with Gasteiger partial charge in [-0.05, 0) is 92.8 Å². The smallest absolute Gasteiger partial charge is 0.410 e. The van der Waals surface area contributed by atoms with E-state index in [1.807, 2.05) is 65.0 Å². The van der Waals surface area contributed by atoms with Crippen LogP contribution in [0.5, 0.6) is 5.75 Å². The predicted molar refractivity (Wildman–Crippen MR) is 162 cm³/mol. The summed E-state index contributed by atoms with van der Waals surface area (Å²) in [6, 6.07) is 22.0. The Morgan fingerprint density at radius 3 is 2.49 bits per heavy atom. The highest BCUT2D eigenvalue weighted by Crippen LogP contribution is 2.28. The molecule has 0 unspecified atom stereocenters. The van der Waals surface area contributed by atoms with Crippen LogP contribution in [0.15, 0.2) is 85.3 Å². The molecule has 5 heterocycles. The van der Waals surface area contributed by atoms with Crippen molar-refractivity contribution >= 4 is 24.0 Å². The number of anilines is 1. The second-order valence-electron chi connectivity index (χ2n) is 10.4. The molecule has 1 aliphatic heterocycles. The van der Waals surface area contributed by atoms with Crippen LogP contribution >= 0.6 is 0 Å². The molecule has 6 rings (SSSR count). The molecule has 1 N–H and O–H groups in total. The lowest BCUT2D eigenvalue weighted by Crippen LogP contribution is -2.38. The maximum atomic E-state index is 10.0. The fourth-order valence-electron chi connectivity index (χ4n) is 5.47. The zero-order chi connectivity index (χ0) is 28.2. The van der Waals surface area contributed by atoms with E-state index in [0.717, 1.165) is 72.4 Å². The van der Waals surface area contributed by atoms with Crippen molar-refractivity contribution in [2.45, 2.75) is 39.2 Å². The molecule has 41 heavy (non-hydrogen) atoms. The Kier molecular flexibility index (Phi) is 7.93. The maximum Gasteiger partial charge on any atom is 0.410 e. The SMILES string of the molecule is CCN(B(C)O)c1cc(CN2CCC(Oc3ccc(-n4c(-c5ccccn5)nc5cccnc54)cc3)CC2)ccn1. The molecule has 0 spiro atoms. The van der Waals surface area contributed by atoms with E-state index < -0.39 is 7.05 Å². The van der Waals surface area contributed by atoms with Crippen molar-refractivity contribution in [3.63, 3.8) is 0 Å². The summed E-state index contributed by atoms with van der Waals surface area (Å²) in [5.41, 5.74) is 4.59. The van der Waals surface area contributed by atoms with E-state index in [0.29, 0.717) is 6.54 Å². The molecular weight excluding hydrogens is 513 g/mol. The molecule has 0 saturated carbocycles. The molecule has 10 heteroatoms. The summed E-state index contributed by atoms with van der Waals surface area (Å²) in [6.07, 6.45) is 7.51. The van der Waals surface area contributed by atoms with Crippen molar-refractivity contribution in [3.8, 4) is 23.0 Å². The first-order chi connectivity index (χ1) is 20.1. The molecule has 0 amide bonds. The van der Waals surface area contributed by atoms with Crippen molar-refractivity contribution in [1.82, 2.24) is 29.4 Å². The Bertz CT molecular complexity index is 1590. The lowest BCUT2D eigenvalue weighted by molar-refractivity contribution is 0.0968. The van der Waals surface area contributed by atoms with Crippen LogP contribution in [-0.4, -0.2) is 67.2 Å². The van der Waals surface area contributed by atoms with E-state index >= 15 is 0 Å². The second kappa shape index (κ2) is 12.1. The van der Waals surface area contributed by atoms with Crippen molar-refractivity contribution < 1.29 is 9.76 Å². The number of hydrogen-bond acceptors (Lipinski definition) is 8. The first kappa shape index (κ1) is 26.9. The van der Waals surface area contributed by atoms with Crippen molar-refractivity contribution in [2.24, 2.45) is 0 Å². The normalized spacial score (nSPS) is 14.3. The topological polar surface area (TPSA) is 92.4 Å². The van der Waals surface area contributed by atoms with Gasteiger partial charge in [0.1, 0.15) is 28.9 Å². The highest BCUT2D eigenvalue weighted by Gasteiger charge is 2.22. The minimum atomic E-state index is -0.566. The fourth-order valence-corrected chi connectivity index (χ4v) is 5.47. The van der Waals surface area contributed by atoms with Gasteiger partial charge in [-0.1, -0.05) is 6.07 Å². The first-order valence-electron chi connectivity index (χ1n) is 14.2. The van der Waals surface area contributed by atoms with E-state index in [1.165, 1.54) is 5.56 Å². The van der Waals surface area contributed by atoms with Crippen LogP contribution in [0.3, 0.4) is 0 Å². The number of fused-ring (bicyclic) bond motifs is 1. The monoisotopic (exact) mass is 547 g/mol. The number of benzene rings is 1. The molecule has 1 fully saturated rings. The van der Waals surface area contributed by atoms with E-state index in [1.54, 1.807) is 19.2 Å². The average Bonchev–Trinajstić information content (AvgIpc) is 3.39. The van der Waals surface area contributed by atoms with Crippen LogP contribution in [0.4, 0.5) is 5.82 Å². The number of ether oxygens (including phenoxy) is 1. The van der Waals surface area contributed by atoms with Crippen LogP contribution in [0, 0.1) is 0 Å². The molecule has 4 aromatic heterocycles. The molecule has 1 saturated heterocycles. The second-order valence-corrected chi connectivity index (χ2v) is 10.4. The van der Waals surface area contributed by atoms with Crippen LogP contribution in [-0.2, 0) is 6.54 Å². The summed E-state index contributed by atoms with van der Waals surface area (Å²) in [4.78, 5) is 22.8. The molecule has 0 atom stereocenters. The third-order valence-electron chi connectivity index (χ3n) is 7.54. The summed E-state index contributed by atoms with van der Waals surface area (Å²) >= 11 is 0. The number of likely N-dealkylation sites (tertiary alicyclic amines) is 1. The number of imidazole rings is 1. The quantitative estimate of drug-likeness (QED) is 0.262. The average molecular weight is 547 g/mol. The molecule has 9 nitrogen and oxygen atoms in total. The van der Waals surface area contributed by atoms with Gasteiger partial charge in [0.2, 0.25) is 0 Å². The summed E-state index contributed by atoms with van der Waals surface area (Å²) in [6.45, 7) is 7.30. The lowest BCUT2D eigenvalue weighted by atomic mass is 9.85. The van der Waals surface area contributed by atoms with Gasteiger partial charge in [-0.2, -0.15) is 0 Å². The van der Waals surface area contributed by atoms with Gasteiger partial charge in [0.25, 0.3) is 0 Å². The number of pyridine rings is 3.